The molecule has 0 amide bonds. The quantitative estimate of drug-likeness (QED) is 0.804. The van der Waals surface area contributed by atoms with Crippen molar-refractivity contribution in [1.82, 2.24) is 0 Å². The number of hydrogen-bond donors (Lipinski definition) is 2. The van der Waals surface area contributed by atoms with E-state index in [2.05, 4.69) is 0 Å². The Bertz CT molecular complexity index is 313. The van der Waals surface area contributed by atoms with E-state index < -0.39 is 0 Å². The molecule has 72 valence electrons. The van der Waals surface area contributed by atoms with Crippen molar-refractivity contribution >= 4 is 23.2 Å². The van der Waals surface area contributed by atoms with Gasteiger partial charge in [-0.3, -0.25) is 0 Å². The summed E-state index contributed by atoms with van der Waals surface area (Å²) in [4.78, 5) is 0. The predicted molar refractivity (Wildman–Crippen MR) is 55.5 cm³/mol. The maximum atomic E-state index is 9.21. The molecule has 0 heterocycles. The summed E-state index contributed by atoms with van der Waals surface area (Å²) in [5, 5.41) is 9.79. The Labute approximate surface area is 87.3 Å². The highest BCUT2D eigenvalue weighted by molar-refractivity contribution is 6.43. The molecule has 0 fully saturated rings. The van der Waals surface area contributed by atoms with Crippen LogP contribution >= 0.6 is 23.2 Å². The zero-order valence-corrected chi connectivity index (χ0v) is 8.73. The summed E-state index contributed by atoms with van der Waals surface area (Å²) in [5.74, 6) is 0.0000844. The molecule has 0 bridgehead atoms. The number of hydrogen-bond acceptors (Lipinski definition) is 2. The summed E-state index contributed by atoms with van der Waals surface area (Å²) < 4.78 is 0. The number of halogens is 2. The minimum absolute atomic E-state index is 0.0000844. The van der Waals surface area contributed by atoms with Crippen LogP contribution in [0.2, 0.25) is 10.0 Å². The van der Waals surface area contributed by atoms with Crippen molar-refractivity contribution in [3.63, 3.8) is 0 Å². The van der Waals surface area contributed by atoms with Crippen molar-refractivity contribution in [1.29, 1.82) is 0 Å². The summed E-state index contributed by atoms with van der Waals surface area (Å²) in [6.07, 6.45) is 0.652. The second kappa shape index (κ2) is 4.18. The molecule has 0 spiro atoms. The largest absolute Gasteiger partial charge is 0.506 e. The highest BCUT2D eigenvalue weighted by Gasteiger charge is 2.09. The lowest BCUT2D eigenvalue weighted by molar-refractivity contribution is 0.475. The Morgan fingerprint density at radius 1 is 1.38 bits per heavy atom. The minimum atomic E-state index is 0.0000844. The van der Waals surface area contributed by atoms with E-state index in [1.807, 2.05) is 6.92 Å². The van der Waals surface area contributed by atoms with Gasteiger partial charge >= 0.3 is 0 Å². The van der Waals surface area contributed by atoms with E-state index in [0.717, 1.165) is 5.56 Å². The molecule has 0 saturated carbocycles. The smallest absolute Gasteiger partial charge is 0.135 e. The summed E-state index contributed by atoms with van der Waals surface area (Å²) in [6, 6.07) is 3.27. The molecule has 13 heavy (non-hydrogen) atoms. The summed E-state index contributed by atoms with van der Waals surface area (Å²) in [7, 11) is 0. The maximum absolute atomic E-state index is 9.21. The second-order valence-corrected chi connectivity index (χ2v) is 3.81. The van der Waals surface area contributed by atoms with Gasteiger partial charge in [0.05, 0.1) is 5.02 Å². The first-order chi connectivity index (χ1) is 6.02. The Hall–Kier alpha value is -0.440. The van der Waals surface area contributed by atoms with Crippen LogP contribution in [-0.2, 0) is 6.42 Å². The van der Waals surface area contributed by atoms with Crippen molar-refractivity contribution in [3.8, 4) is 5.75 Å². The van der Waals surface area contributed by atoms with Gasteiger partial charge in [-0.2, -0.15) is 0 Å². The van der Waals surface area contributed by atoms with Crippen molar-refractivity contribution < 1.29 is 5.11 Å². The van der Waals surface area contributed by atoms with Gasteiger partial charge < -0.3 is 10.8 Å². The molecule has 0 aliphatic heterocycles. The van der Waals surface area contributed by atoms with Crippen LogP contribution in [0.1, 0.15) is 12.5 Å². The number of nitrogens with two attached hydrogens (primary N) is 1. The highest BCUT2D eigenvalue weighted by atomic mass is 35.5. The molecular formula is C9H11Cl2NO. The Kier molecular flexibility index (Phi) is 3.42. The van der Waals surface area contributed by atoms with Crippen LogP contribution in [0.3, 0.4) is 0 Å². The SMILES string of the molecule is CC(N)Cc1ccc(O)c(Cl)c1Cl. The predicted octanol–water partition coefficient (Wildman–Crippen LogP) is 2.59. The van der Waals surface area contributed by atoms with Gasteiger partial charge in [0.25, 0.3) is 0 Å². The van der Waals surface area contributed by atoms with Crippen LogP contribution in [0.5, 0.6) is 5.75 Å². The normalized spacial score (nSPS) is 12.9. The number of phenols is 1. The Balaban J connectivity index is 3.04. The fourth-order valence-electron chi connectivity index (χ4n) is 1.08. The van der Waals surface area contributed by atoms with Crippen LogP contribution in [0.25, 0.3) is 0 Å². The van der Waals surface area contributed by atoms with E-state index in [-0.39, 0.29) is 16.8 Å². The van der Waals surface area contributed by atoms with Crippen molar-refractivity contribution in [3.05, 3.63) is 27.7 Å². The van der Waals surface area contributed by atoms with Gasteiger partial charge in [0.2, 0.25) is 0 Å². The molecule has 0 saturated heterocycles. The molecule has 0 aliphatic rings. The van der Waals surface area contributed by atoms with Crippen LogP contribution < -0.4 is 5.73 Å². The average Bonchev–Trinajstić information content (AvgIpc) is 2.06. The lowest BCUT2D eigenvalue weighted by Crippen LogP contribution is -2.17. The second-order valence-electron chi connectivity index (χ2n) is 3.05. The average molecular weight is 220 g/mol. The summed E-state index contributed by atoms with van der Waals surface area (Å²) in [6.45, 7) is 1.89. The molecule has 1 unspecified atom stereocenters. The first kappa shape index (κ1) is 10.6. The number of rotatable bonds is 2. The fourth-order valence-corrected chi connectivity index (χ4v) is 1.51. The van der Waals surface area contributed by atoms with Crippen molar-refractivity contribution in [2.24, 2.45) is 5.73 Å². The molecule has 1 aromatic rings. The third-order valence-electron chi connectivity index (χ3n) is 1.68. The zero-order chi connectivity index (χ0) is 10.0. The lowest BCUT2D eigenvalue weighted by atomic mass is 10.1. The topological polar surface area (TPSA) is 46.2 Å². The van der Waals surface area contributed by atoms with Crippen LogP contribution in [0.4, 0.5) is 0 Å². The molecule has 0 aromatic heterocycles. The summed E-state index contributed by atoms with van der Waals surface area (Å²) in [5.41, 5.74) is 6.48. The molecule has 1 aromatic carbocycles. The number of benzene rings is 1. The third-order valence-corrected chi connectivity index (χ3v) is 2.59. The lowest BCUT2D eigenvalue weighted by Gasteiger charge is -2.09. The minimum Gasteiger partial charge on any atom is -0.506 e. The van der Waals surface area contributed by atoms with E-state index in [9.17, 15) is 5.11 Å². The molecule has 1 rings (SSSR count). The third kappa shape index (κ3) is 2.50. The van der Waals surface area contributed by atoms with E-state index >= 15 is 0 Å². The van der Waals surface area contributed by atoms with E-state index in [0.29, 0.717) is 11.4 Å². The van der Waals surface area contributed by atoms with Gasteiger partial charge in [-0.15, -0.1) is 0 Å². The maximum Gasteiger partial charge on any atom is 0.135 e. The fraction of sp³-hybridized carbons (Fsp3) is 0.333. The molecular weight excluding hydrogens is 209 g/mol. The van der Waals surface area contributed by atoms with Gasteiger partial charge in [0.1, 0.15) is 10.8 Å². The Morgan fingerprint density at radius 2 is 2.00 bits per heavy atom. The van der Waals surface area contributed by atoms with Gasteiger partial charge in [-0.25, -0.2) is 0 Å². The standard InChI is InChI=1S/C9H11Cl2NO/c1-5(12)4-6-2-3-7(13)9(11)8(6)10/h2-3,5,13H,4,12H2,1H3. The van der Waals surface area contributed by atoms with E-state index in [4.69, 9.17) is 28.9 Å². The van der Waals surface area contributed by atoms with Crippen LogP contribution in [-0.4, -0.2) is 11.1 Å². The van der Waals surface area contributed by atoms with Crippen molar-refractivity contribution in [2.45, 2.75) is 19.4 Å². The van der Waals surface area contributed by atoms with Crippen LogP contribution in [0.15, 0.2) is 12.1 Å². The monoisotopic (exact) mass is 219 g/mol. The molecule has 0 aliphatic carbocycles. The Morgan fingerprint density at radius 3 is 2.54 bits per heavy atom. The van der Waals surface area contributed by atoms with Crippen molar-refractivity contribution in [2.75, 3.05) is 0 Å². The molecule has 2 nitrogen and oxygen atoms in total. The zero-order valence-electron chi connectivity index (χ0n) is 7.22. The van der Waals surface area contributed by atoms with Crippen LogP contribution in [0, 0.1) is 0 Å². The van der Waals surface area contributed by atoms with Gasteiger partial charge in [-0.1, -0.05) is 29.3 Å². The summed E-state index contributed by atoms with van der Waals surface area (Å²) >= 11 is 11.6. The highest BCUT2D eigenvalue weighted by Crippen LogP contribution is 2.33. The van der Waals surface area contributed by atoms with Gasteiger partial charge in [-0.05, 0) is 25.0 Å². The first-order valence-corrected chi connectivity index (χ1v) is 4.69. The van der Waals surface area contributed by atoms with Gasteiger partial charge in [0.15, 0.2) is 0 Å². The first-order valence-electron chi connectivity index (χ1n) is 3.93. The molecule has 1 atom stereocenters. The van der Waals surface area contributed by atoms with E-state index in [1.54, 1.807) is 6.07 Å². The molecule has 0 radical (unpaired) electrons. The number of aromatic hydroxyl groups is 1. The molecule has 4 heteroatoms. The molecule has 3 N–H and O–H groups in total. The van der Waals surface area contributed by atoms with E-state index in [1.165, 1.54) is 6.07 Å². The number of phenolic OH excluding ortho intramolecular Hbond substituents is 1. The van der Waals surface area contributed by atoms with Gasteiger partial charge in [0, 0.05) is 6.04 Å².